The van der Waals surface area contributed by atoms with E-state index in [0.717, 1.165) is 27.7 Å². The molecule has 6 nitrogen and oxygen atoms in total. The van der Waals surface area contributed by atoms with Gasteiger partial charge < -0.3 is 15.4 Å². The number of nitrogens with two attached hydrogens (primary N) is 1. The van der Waals surface area contributed by atoms with Crippen molar-refractivity contribution in [2.75, 3.05) is 30.8 Å². The van der Waals surface area contributed by atoms with Crippen molar-refractivity contribution in [2.24, 2.45) is 0 Å². The average Bonchev–Trinajstić information content (AvgIpc) is 2.73. The van der Waals surface area contributed by atoms with Gasteiger partial charge in [0, 0.05) is 30.6 Å². The zero-order valence-corrected chi connectivity index (χ0v) is 17.0. The molecule has 0 unspecified atom stereocenters. The van der Waals surface area contributed by atoms with Gasteiger partial charge in [-0.05, 0) is 24.0 Å². The fourth-order valence-corrected chi connectivity index (χ4v) is 4.17. The van der Waals surface area contributed by atoms with Crippen LogP contribution in [0.5, 0.6) is 0 Å². The van der Waals surface area contributed by atoms with Gasteiger partial charge in [-0.2, -0.15) is 0 Å². The third-order valence-electron chi connectivity index (χ3n) is 5.61. The monoisotopic (exact) mass is 395 g/mol. The van der Waals surface area contributed by atoms with E-state index in [0.29, 0.717) is 24.5 Å². The van der Waals surface area contributed by atoms with Crippen molar-refractivity contribution in [2.45, 2.75) is 38.5 Å². The lowest BCUT2D eigenvalue weighted by molar-refractivity contribution is 0.0197. The number of rotatable bonds is 4. The number of alkyl halides is 1. The lowest BCUT2D eigenvalue weighted by Crippen LogP contribution is -2.45. The summed E-state index contributed by atoms with van der Waals surface area (Å²) in [4.78, 5) is 15.1. The maximum atomic E-state index is 14.7. The number of fused-ring (bicyclic) bond motifs is 1. The summed E-state index contributed by atoms with van der Waals surface area (Å²) in [6.45, 7) is 5.20. The van der Waals surface area contributed by atoms with Crippen LogP contribution in [0.15, 0.2) is 36.8 Å². The molecule has 2 aromatic heterocycles. The quantitative estimate of drug-likeness (QED) is 0.720. The van der Waals surface area contributed by atoms with Crippen LogP contribution in [0.4, 0.5) is 15.9 Å². The summed E-state index contributed by atoms with van der Waals surface area (Å²) < 4.78 is 20.0. The van der Waals surface area contributed by atoms with Crippen LogP contribution in [0.2, 0.25) is 0 Å². The van der Waals surface area contributed by atoms with Gasteiger partial charge in [0.2, 0.25) is 0 Å². The van der Waals surface area contributed by atoms with Crippen LogP contribution in [-0.2, 0) is 4.74 Å². The summed E-state index contributed by atoms with van der Waals surface area (Å²) in [5.74, 6) is 0.664. The number of methoxy groups -OCH3 is 1. The molecule has 1 aromatic carbocycles. The molecule has 2 atom stereocenters. The van der Waals surface area contributed by atoms with Gasteiger partial charge in [0.25, 0.3) is 0 Å². The molecule has 0 aliphatic carbocycles. The Bertz CT molecular complexity index is 1010. The minimum absolute atomic E-state index is 0.235. The highest BCUT2D eigenvalue weighted by Gasteiger charge is 2.32. The standard InChI is InChI=1S/C22H26FN5O/c1-13(2)14-5-4-6-15-19(14)21(28-10-8-18(29-3)16(23)11-28)22(24)27-20(15)17-7-9-25-12-26-17/h4-7,9,12-13,16,18H,8,10-11H2,1-3H3,(H2,24,27)/t16-,18+/m1/s1. The fraction of sp³-hybridized carbons (Fsp3) is 0.409. The van der Waals surface area contributed by atoms with E-state index in [4.69, 9.17) is 15.5 Å². The average molecular weight is 395 g/mol. The van der Waals surface area contributed by atoms with E-state index in [1.165, 1.54) is 6.33 Å². The lowest BCUT2D eigenvalue weighted by atomic mass is 9.92. The van der Waals surface area contributed by atoms with Crippen LogP contribution in [0.3, 0.4) is 0 Å². The van der Waals surface area contributed by atoms with Crippen molar-refractivity contribution in [3.63, 3.8) is 0 Å². The first-order valence-electron chi connectivity index (χ1n) is 9.91. The van der Waals surface area contributed by atoms with E-state index in [2.05, 4.69) is 29.9 Å². The number of ether oxygens (including phenoxy) is 1. The Labute approximate surface area is 169 Å². The Hall–Kier alpha value is -2.80. The van der Waals surface area contributed by atoms with Crippen LogP contribution in [0, 0.1) is 0 Å². The number of anilines is 2. The second kappa shape index (κ2) is 7.91. The highest BCUT2D eigenvalue weighted by atomic mass is 19.1. The van der Waals surface area contributed by atoms with Crippen molar-refractivity contribution in [1.29, 1.82) is 0 Å². The molecule has 3 heterocycles. The Morgan fingerprint density at radius 2 is 2.10 bits per heavy atom. The van der Waals surface area contributed by atoms with Crippen molar-refractivity contribution in [3.05, 3.63) is 42.4 Å². The van der Waals surface area contributed by atoms with Crippen molar-refractivity contribution >= 4 is 22.3 Å². The summed E-state index contributed by atoms with van der Waals surface area (Å²) in [6, 6.07) is 7.99. The molecule has 0 spiro atoms. The van der Waals surface area contributed by atoms with Crippen molar-refractivity contribution in [1.82, 2.24) is 15.0 Å². The number of nitrogens with zero attached hydrogens (tertiary/aromatic N) is 4. The fourth-order valence-electron chi connectivity index (χ4n) is 4.17. The molecule has 1 saturated heterocycles. The molecule has 1 aliphatic heterocycles. The summed E-state index contributed by atoms with van der Waals surface area (Å²) in [5.41, 5.74) is 9.88. The van der Waals surface area contributed by atoms with Gasteiger partial charge in [0.05, 0.1) is 29.7 Å². The SMILES string of the molecule is CO[C@H]1CCN(c2c(N)nc(-c3ccncn3)c3cccc(C(C)C)c23)C[C@H]1F. The zero-order chi connectivity index (χ0) is 20.5. The number of aromatic nitrogens is 3. The maximum Gasteiger partial charge on any atom is 0.148 e. The molecular formula is C22H26FN5O. The molecule has 152 valence electrons. The van der Waals surface area contributed by atoms with Crippen LogP contribution >= 0.6 is 0 Å². The first-order valence-corrected chi connectivity index (χ1v) is 9.91. The molecule has 2 N–H and O–H groups in total. The molecular weight excluding hydrogens is 369 g/mol. The van der Waals surface area contributed by atoms with Gasteiger partial charge >= 0.3 is 0 Å². The summed E-state index contributed by atoms with van der Waals surface area (Å²) in [7, 11) is 1.56. The highest BCUT2D eigenvalue weighted by Crippen LogP contribution is 2.41. The predicted octanol–water partition coefficient (Wildman–Crippen LogP) is 3.96. The molecule has 0 amide bonds. The molecule has 4 rings (SSSR count). The van der Waals surface area contributed by atoms with Gasteiger partial charge in [0.15, 0.2) is 0 Å². The minimum Gasteiger partial charge on any atom is -0.382 e. The van der Waals surface area contributed by atoms with E-state index < -0.39 is 6.17 Å². The van der Waals surface area contributed by atoms with Crippen molar-refractivity contribution in [3.8, 4) is 11.4 Å². The van der Waals surface area contributed by atoms with Gasteiger partial charge in [-0.1, -0.05) is 32.0 Å². The number of benzene rings is 1. The number of hydrogen-bond donors (Lipinski definition) is 1. The van der Waals surface area contributed by atoms with E-state index in [1.54, 1.807) is 13.3 Å². The number of pyridine rings is 1. The van der Waals surface area contributed by atoms with E-state index >= 15 is 0 Å². The van der Waals surface area contributed by atoms with Gasteiger partial charge in [-0.15, -0.1) is 0 Å². The minimum atomic E-state index is -1.07. The van der Waals surface area contributed by atoms with Gasteiger partial charge in [-0.25, -0.2) is 19.3 Å². The number of piperidine rings is 1. The topological polar surface area (TPSA) is 77.2 Å². The number of halogens is 1. The van der Waals surface area contributed by atoms with Crippen LogP contribution in [-0.4, -0.2) is 47.4 Å². The normalized spacial score (nSPS) is 19.8. The smallest absolute Gasteiger partial charge is 0.148 e. The Balaban J connectivity index is 1.95. The van der Waals surface area contributed by atoms with Crippen molar-refractivity contribution < 1.29 is 9.13 Å². The molecule has 1 fully saturated rings. The first-order chi connectivity index (χ1) is 14.0. The molecule has 0 radical (unpaired) electrons. The Morgan fingerprint density at radius 3 is 2.76 bits per heavy atom. The summed E-state index contributed by atoms with van der Waals surface area (Å²) in [6.07, 6.45) is 2.35. The highest BCUT2D eigenvalue weighted by molar-refractivity contribution is 6.07. The summed E-state index contributed by atoms with van der Waals surface area (Å²) >= 11 is 0. The van der Waals surface area contributed by atoms with Crippen LogP contribution in [0.1, 0.15) is 31.7 Å². The van der Waals surface area contributed by atoms with E-state index in [-0.39, 0.29) is 18.6 Å². The lowest BCUT2D eigenvalue weighted by Gasteiger charge is -2.37. The predicted molar refractivity (Wildman–Crippen MR) is 114 cm³/mol. The zero-order valence-electron chi connectivity index (χ0n) is 17.0. The maximum absolute atomic E-state index is 14.7. The largest absolute Gasteiger partial charge is 0.382 e. The Morgan fingerprint density at radius 1 is 1.28 bits per heavy atom. The molecule has 3 aromatic rings. The molecule has 0 bridgehead atoms. The van der Waals surface area contributed by atoms with Gasteiger partial charge in [-0.3, -0.25) is 0 Å². The first kappa shape index (κ1) is 19.5. The molecule has 29 heavy (non-hydrogen) atoms. The Kier molecular flexibility index (Phi) is 5.32. The molecule has 1 aliphatic rings. The second-order valence-electron chi connectivity index (χ2n) is 7.74. The van der Waals surface area contributed by atoms with Crippen LogP contribution < -0.4 is 10.6 Å². The summed E-state index contributed by atoms with van der Waals surface area (Å²) in [5, 5.41) is 1.98. The molecule has 0 saturated carbocycles. The number of hydrogen-bond acceptors (Lipinski definition) is 6. The van der Waals surface area contributed by atoms with Crippen LogP contribution in [0.25, 0.3) is 22.2 Å². The van der Waals surface area contributed by atoms with E-state index in [1.807, 2.05) is 23.1 Å². The third-order valence-corrected chi connectivity index (χ3v) is 5.61. The van der Waals surface area contributed by atoms with E-state index in [9.17, 15) is 4.39 Å². The molecule has 7 heteroatoms. The van der Waals surface area contributed by atoms with Gasteiger partial charge in [0.1, 0.15) is 18.3 Å². The number of nitrogen functional groups attached to an aromatic ring is 1. The second-order valence-corrected chi connectivity index (χ2v) is 7.74. The third kappa shape index (κ3) is 3.51.